The minimum absolute atomic E-state index is 0.0300. The molecule has 4 rings (SSSR count). The number of nitro groups is 1. The Morgan fingerprint density at radius 1 is 0.943 bits per heavy atom. The number of piperazine rings is 1. The Kier molecular flexibility index (Phi) is 7.47. The van der Waals surface area contributed by atoms with Crippen molar-refractivity contribution in [1.29, 1.82) is 0 Å². The SMILES string of the molecule is O=C(COc1ccccc1[N+](=O)[O-])Nc1ccccc1N1CCN(C(=O)c2ccc(Cl)cc2)CC1. The lowest BCUT2D eigenvalue weighted by atomic mass is 10.1. The maximum atomic E-state index is 12.8. The molecule has 35 heavy (non-hydrogen) atoms. The summed E-state index contributed by atoms with van der Waals surface area (Å²) in [5.74, 6) is -0.454. The van der Waals surface area contributed by atoms with Crippen molar-refractivity contribution in [3.63, 3.8) is 0 Å². The molecule has 1 fully saturated rings. The van der Waals surface area contributed by atoms with Crippen molar-refractivity contribution < 1.29 is 19.2 Å². The molecule has 0 spiro atoms. The van der Waals surface area contributed by atoms with Crippen molar-refractivity contribution >= 4 is 40.5 Å². The molecule has 1 N–H and O–H groups in total. The van der Waals surface area contributed by atoms with E-state index in [0.29, 0.717) is 42.5 Å². The fraction of sp³-hybridized carbons (Fsp3) is 0.200. The van der Waals surface area contributed by atoms with Crippen LogP contribution in [0.25, 0.3) is 0 Å². The smallest absolute Gasteiger partial charge is 0.310 e. The van der Waals surface area contributed by atoms with Crippen LogP contribution in [0.4, 0.5) is 17.1 Å². The molecule has 1 heterocycles. The van der Waals surface area contributed by atoms with Gasteiger partial charge in [0.25, 0.3) is 11.8 Å². The van der Waals surface area contributed by atoms with Gasteiger partial charge in [0.2, 0.25) is 0 Å². The van der Waals surface area contributed by atoms with Crippen molar-refractivity contribution in [2.75, 3.05) is 43.0 Å². The molecule has 9 nitrogen and oxygen atoms in total. The average Bonchev–Trinajstić information content (AvgIpc) is 2.88. The molecule has 1 aliphatic heterocycles. The van der Waals surface area contributed by atoms with Gasteiger partial charge in [-0.25, -0.2) is 0 Å². The number of amides is 2. The Morgan fingerprint density at radius 2 is 1.60 bits per heavy atom. The zero-order chi connectivity index (χ0) is 24.8. The highest BCUT2D eigenvalue weighted by molar-refractivity contribution is 6.30. The summed E-state index contributed by atoms with van der Waals surface area (Å²) in [7, 11) is 0. The number of ether oxygens (including phenoxy) is 1. The second-order valence-corrected chi connectivity index (χ2v) is 8.30. The van der Waals surface area contributed by atoms with E-state index in [1.807, 2.05) is 18.2 Å². The third-order valence-electron chi connectivity index (χ3n) is 5.60. The van der Waals surface area contributed by atoms with E-state index in [0.717, 1.165) is 5.69 Å². The van der Waals surface area contributed by atoms with Gasteiger partial charge in [-0.15, -0.1) is 0 Å². The molecule has 0 bridgehead atoms. The van der Waals surface area contributed by atoms with Gasteiger partial charge >= 0.3 is 5.69 Å². The first kappa shape index (κ1) is 24.0. The molecule has 0 atom stereocenters. The summed E-state index contributed by atoms with van der Waals surface area (Å²) in [5, 5.41) is 14.5. The minimum Gasteiger partial charge on any atom is -0.477 e. The van der Waals surface area contributed by atoms with Gasteiger partial charge in [0, 0.05) is 42.8 Å². The summed E-state index contributed by atoms with van der Waals surface area (Å²) in [6.07, 6.45) is 0. The van der Waals surface area contributed by atoms with Crippen LogP contribution in [0.5, 0.6) is 5.75 Å². The van der Waals surface area contributed by atoms with E-state index in [1.165, 1.54) is 18.2 Å². The molecular weight excluding hydrogens is 472 g/mol. The number of hydrogen-bond donors (Lipinski definition) is 1. The predicted molar refractivity (Wildman–Crippen MR) is 133 cm³/mol. The van der Waals surface area contributed by atoms with Crippen LogP contribution in [0.2, 0.25) is 5.02 Å². The fourth-order valence-electron chi connectivity index (χ4n) is 3.84. The van der Waals surface area contributed by atoms with Gasteiger partial charge < -0.3 is 19.9 Å². The molecule has 0 aliphatic carbocycles. The van der Waals surface area contributed by atoms with Crippen molar-refractivity contribution in [2.45, 2.75) is 0 Å². The van der Waals surface area contributed by atoms with E-state index in [1.54, 1.807) is 41.3 Å². The molecule has 0 radical (unpaired) electrons. The maximum Gasteiger partial charge on any atom is 0.310 e. The second kappa shape index (κ2) is 10.9. The van der Waals surface area contributed by atoms with E-state index >= 15 is 0 Å². The molecular formula is C25H23ClN4O5. The average molecular weight is 495 g/mol. The number of rotatable bonds is 7. The highest BCUT2D eigenvalue weighted by Crippen LogP contribution is 2.28. The Bertz CT molecular complexity index is 1230. The fourth-order valence-corrected chi connectivity index (χ4v) is 3.97. The summed E-state index contributed by atoms with van der Waals surface area (Å²) in [4.78, 5) is 39.8. The van der Waals surface area contributed by atoms with Crippen LogP contribution >= 0.6 is 11.6 Å². The van der Waals surface area contributed by atoms with Crippen LogP contribution in [-0.2, 0) is 4.79 Å². The Morgan fingerprint density at radius 3 is 2.31 bits per heavy atom. The van der Waals surface area contributed by atoms with Gasteiger partial charge in [-0.2, -0.15) is 0 Å². The highest BCUT2D eigenvalue weighted by atomic mass is 35.5. The van der Waals surface area contributed by atoms with Gasteiger partial charge in [-0.05, 0) is 42.5 Å². The van der Waals surface area contributed by atoms with Gasteiger partial charge in [-0.1, -0.05) is 35.9 Å². The molecule has 1 saturated heterocycles. The van der Waals surface area contributed by atoms with E-state index in [4.69, 9.17) is 16.3 Å². The molecule has 10 heteroatoms. The zero-order valence-corrected chi connectivity index (χ0v) is 19.5. The quantitative estimate of drug-likeness (QED) is 0.389. The van der Waals surface area contributed by atoms with Crippen LogP contribution in [0, 0.1) is 10.1 Å². The van der Waals surface area contributed by atoms with E-state index in [9.17, 15) is 19.7 Å². The van der Waals surface area contributed by atoms with Crippen LogP contribution in [0.15, 0.2) is 72.8 Å². The summed E-state index contributed by atoms with van der Waals surface area (Å²) >= 11 is 5.91. The summed E-state index contributed by atoms with van der Waals surface area (Å²) in [6.45, 7) is 1.88. The van der Waals surface area contributed by atoms with Gasteiger partial charge in [0.1, 0.15) is 0 Å². The number of hydrogen-bond acceptors (Lipinski definition) is 6. The minimum atomic E-state index is -0.556. The monoisotopic (exact) mass is 494 g/mol. The van der Waals surface area contributed by atoms with Gasteiger partial charge in [0.15, 0.2) is 12.4 Å². The lowest BCUT2D eigenvalue weighted by Gasteiger charge is -2.37. The normalized spacial score (nSPS) is 13.3. The lowest BCUT2D eigenvalue weighted by Crippen LogP contribution is -2.49. The molecule has 0 aromatic heterocycles. The molecule has 1 aliphatic rings. The number of nitro benzene ring substituents is 1. The lowest BCUT2D eigenvalue weighted by molar-refractivity contribution is -0.385. The Balaban J connectivity index is 1.36. The number of nitrogens with one attached hydrogen (secondary N) is 1. The summed E-state index contributed by atoms with van der Waals surface area (Å²) in [6, 6.07) is 20.1. The van der Waals surface area contributed by atoms with Crippen LogP contribution in [-0.4, -0.2) is 54.4 Å². The molecule has 3 aromatic rings. The number of anilines is 2. The number of para-hydroxylation sites is 4. The van der Waals surface area contributed by atoms with Gasteiger partial charge in [0.05, 0.1) is 16.3 Å². The second-order valence-electron chi connectivity index (χ2n) is 7.86. The molecule has 3 aromatic carbocycles. The Hall–Kier alpha value is -4.11. The van der Waals surface area contributed by atoms with Crippen molar-refractivity contribution in [3.8, 4) is 5.75 Å². The van der Waals surface area contributed by atoms with Crippen LogP contribution in [0.1, 0.15) is 10.4 Å². The first-order valence-corrected chi connectivity index (χ1v) is 11.3. The zero-order valence-electron chi connectivity index (χ0n) is 18.7. The predicted octanol–water partition coefficient (Wildman–Crippen LogP) is 4.23. The van der Waals surface area contributed by atoms with Gasteiger partial charge in [-0.3, -0.25) is 19.7 Å². The summed E-state index contributed by atoms with van der Waals surface area (Å²) in [5.41, 5.74) is 1.81. The molecule has 0 unspecified atom stereocenters. The molecule has 0 saturated carbocycles. The van der Waals surface area contributed by atoms with Crippen molar-refractivity contribution in [3.05, 3.63) is 93.5 Å². The van der Waals surface area contributed by atoms with Crippen molar-refractivity contribution in [2.24, 2.45) is 0 Å². The number of halogens is 1. The molecule has 180 valence electrons. The van der Waals surface area contributed by atoms with Crippen molar-refractivity contribution in [1.82, 2.24) is 4.90 Å². The number of carbonyl (C=O) groups excluding carboxylic acids is 2. The van der Waals surface area contributed by atoms with Crippen LogP contribution in [0.3, 0.4) is 0 Å². The maximum absolute atomic E-state index is 12.8. The number of carbonyl (C=O) groups is 2. The standard InChI is InChI=1S/C25H23ClN4O5/c26-19-11-9-18(10-12-19)25(32)29-15-13-28(14-16-29)21-6-2-1-5-20(21)27-24(31)17-35-23-8-4-3-7-22(23)30(33)34/h1-12H,13-17H2,(H,27,31). The third-order valence-corrected chi connectivity index (χ3v) is 5.85. The topological polar surface area (TPSA) is 105 Å². The summed E-state index contributed by atoms with van der Waals surface area (Å²) < 4.78 is 5.39. The van der Waals surface area contributed by atoms with E-state index in [2.05, 4.69) is 10.2 Å². The van der Waals surface area contributed by atoms with Crippen LogP contribution < -0.4 is 15.0 Å². The first-order chi connectivity index (χ1) is 16.9. The third kappa shape index (κ3) is 5.88. The number of benzene rings is 3. The van der Waals surface area contributed by atoms with E-state index < -0.39 is 10.8 Å². The largest absolute Gasteiger partial charge is 0.477 e. The number of nitrogens with zero attached hydrogens (tertiary/aromatic N) is 3. The van der Waals surface area contributed by atoms with E-state index in [-0.39, 0.29) is 24.0 Å². The first-order valence-electron chi connectivity index (χ1n) is 11.0. The Labute approximate surface area is 207 Å². The molecule has 2 amide bonds. The highest BCUT2D eigenvalue weighted by Gasteiger charge is 2.24.